The summed E-state index contributed by atoms with van der Waals surface area (Å²) in [7, 11) is 0. The summed E-state index contributed by atoms with van der Waals surface area (Å²) < 4.78 is 12.8. The molecule has 1 unspecified atom stereocenters. The van der Waals surface area contributed by atoms with Gasteiger partial charge in [0.2, 0.25) is 0 Å². The summed E-state index contributed by atoms with van der Waals surface area (Å²) >= 11 is 0. The van der Waals surface area contributed by atoms with E-state index in [2.05, 4.69) is 10.2 Å². The Labute approximate surface area is 112 Å². The fraction of sp³-hybridized carbons (Fsp3) is 0.500. The molecule has 2 amide bonds. The van der Waals surface area contributed by atoms with Crippen LogP contribution in [0.5, 0.6) is 0 Å². The topological polar surface area (TPSA) is 35.6 Å². The lowest BCUT2D eigenvalue weighted by Gasteiger charge is -2.37. The van der Waals surface area contributed by atoms with Gasteiger partial charge in [0, 0.05) is 31.4 Å². The molecule has 2 saturated heterocycles. The summed E-state index contributed by atoms with van der Waals surface area (Å²) in [5.74, 6) is -0.294. The summed E-state index contributed by atoms with van der Waals surface area (Å²) in [6.07, 6.45) is 2.42. The number of piperazine rings is 1. The van der Waals surface area contributed by atoms with E-state index in [0.29, 0.717) is 11.7 Å². The number of anilines is 1. The standard InChI is InChI=1S/C14H18FN3O/c15-11-3-5-12(6-4-11)16-14(19)18-9-8-17-7-1-2-13(17)10-18/h3-6,13H,1-2,7-10H2,(H,16,19). The molecule has 1 atom stereocenters. The van der Waals surface area contributed by atoms with E-state index in [4.69, 9.17) is 0 Å². The van der Waals surface area contributed by atoms with Gasteiger partial charge in [0.25, 0.3) is 0 Å². The van der Waals surface area contributed by atoms with Crippen LogP contribution in [0.3, 0.4) is 0 Å². The van der Waals surface area contributed by atoms with E-state index < -0.39 is 0 Å². The quantitative estimate of drug-likeness (QED) is 0.842. The summed E-state index contributed by atoms with van der Waals surface area (Å²) in [6, 6.07) is 6.30. The SMILES string of the molecule is O=C(Nc1ccc(F)cc1)N1CCN2CCCC2C1. The molecule has 0 radical (unpaired) electrons. The van der Waals surface area contributed by atoms with Gasteiger partial charge in [0.05, 0.1) is 0 Å². The molecule has 0 aromatic heterocycles. The number of rotatable bonds is 1. The lowest BCUT2D eigenvalue weighted by Crippen LogP contribution is -2.53. The number of hydrogen-bond donors (Lipinski definition) is 1. The largest absolute Gasteiger partial charge is 0.322 e. The molecule has 1 aromatic carbocycles. The lowest BCUT2D eigenvalue weighted by molar-refractivity contribution is 0.124. The molecule has 2 aliphatic rings. The number of carbonyl (C=O) groups excluding carboxylic acids is 1. The predicted octanol–water partition coefficient (Wildman–Crippen LogP) is 2.14. The first kappa shape index (κ1) is 12.4. The molecule has 19 heavy (non-hydrogen) atoms. The second-order valence-electron chi connectivity index (χ2n) is 5.22. The summed E-state index contributed by atoms with van der Waals surface area (Å²) in [5.41, 5.74) is 0.639. The van der Waals surface area contributed by atoms with Crippen LogP contribution in [0, 0.1) is 5.82 Å². The van der Waals surface area contributed by atoms with Crippen molar-refractivity contribution in [2.24, 2.45) is 0 Å². The number of amides is 2. The third kappa shape index (κ3) is 2.71. The van der Waals surface area contributed by atoms with Gasteiger partial charge in [-0.25, -0.2) is 9.18 Å². The second kappa shape index (κ2) is 5.17. The van der Waals surface area contributed by atoms with Crippen LogP contribution in [0.15, 0.2) is 24.3 Å². The van der Waals surface area contributed by atoms with Crippen LogP contribution in [-0.2, 0) is 0 Å². The average Bonchev–Trinajstić information content (AvgIpc) is 2.88. The molecule has 2 heterocycles. The maximum Gasteiger partial charge on any atom is 0.321 e. The third-order valence-electron chi connectivity index (χ3n) is 3.97. The molecular weight excluding hydrogens is 245 g/mol. The predicted molar refractivity (Wildman–Crippen MR) is 71.6 cm³/mol. The Hall–Kier alpha value is -1.62. The minimum atomic E-state index is -0.294. The molecule has 5 heteroatoms. The zero-order chi connectivity index (χ0) is 13.2. The molecular formula is C14H18FN3O. The first-order chi connectivity index (χ1) is 9.22. The highest BCUT2D eigenvalue weighted by Crippen LogP contribution is 2.22. The molecule has 1 aromatic rings. The van der Waals surface area contributed by atoms with Crippen molar-refractivity contribution in [3.8, 4) is 0 Å². The van der Waals surface area contributed by atoms with E-state index in [1.54, 1.807) is 12.1 Å². The first-order valence-electron chi connectivity index (χ1n) is 6.78. The van der Waals surface area contributed by atoms with Crippen LogP contribution >= 0.6 is 0 Å². The van der Waals surface area contributed by atoms with Crippen molar-refractivity contribution in [3.63, 3.8) is 0 Å². The number of carbonyl (C=O) groups is 1. The van der Waals surface area contributed by atoms with E-state index >= 15 is 0 Å². The zero-order valence-electron chi connectivity index (χ0n) is 10.8. The van der Waals surface area contributed by atoms with Gasteiger partial charge >= 0.3 is 6.03 Å². The number of nitrogens with one attached hydrogen (secondary N) is 1. The monoisotopic (exact) mass is 263 g/mol. The number of urea groups is 1. The maximum atomic E-state index is 12.8. The summed E-state index contributed by atoms with van der Waals surface area (Å²) in [5, 5.41) is 2.82. The fourth-order valence-electron chi connectivity index (χ4n) is 2.91. The van der Waals surface area contributed by atoms with E-state index in [1.165, 1.54) is 25.0 Å². The third-order valence-corrected chi connectivity index (χ3v) is 3.97. The van der Waals surface area contributed by atoms with Crippen molar-refractivity contribution in [1.82, 2.24) is 9.80 Å². The van der Waals surface area contributed by atoms with Gasteiger partial charge < -0.3 is 10.2 Å². The van der Waals surface area contributed by atoms with Crippen LogP contribution < -0.4 is 5.32 Å². The Morgan fingerprint density at radius 2 is 2.00 bits per heavy atom. The van der Waals surface area contributed by atoms with Gasteiger partial charge in [-0.1, -0.05) is 0 Å². The van der Waals surface area contributed by atoms with Crippen LogP contribution in [0.1, 0.15) is 12.8 Å². The van der Waals surface area contributed by atoms with Crippen molar-refractivity contribution >= 4 is 11.7 Å². The van der Waals surface area contributed by atoms with E-state index in [-0.39, 0.29) is 11.8 Å². The Morgan fingerprint density at radius 1 is 1.21 bits per heavy atom. The summed E-state index contributed by atoms with van der Waals surface area (Å²) in [6.45, 7) is 3.69. The van der Waals surface area contributed by atoms with Crippen molar-refractivity contribution in [1.29, 1.82) is 0 Å². The van der Waals surface area contributed by atoms with Crippen molar-refractivity contribution in [2.75, 3.05) is 31.5 Å². The van der Waals surface area contributed by atoms with Gasteiger partial charge in [-0.2, -0.15) is 0 Å². The van der Waals surface area contributed by atoms with Crippen molar-refractivity contribution in [2.45, 2.75) is 18.9 Å². The van der Waals surface area contributed by atoms with Gasteiger partial charge in [0.1, 0.15) is 5.82 Å². The van der Waals surface area contributed by atoms with Crippen LogP contribution in [0.4, 0.5) is 14.9 Å². The van der Waals surface area contributed by atoms with Crippen molar-refractivity contribution < 1.29 is 9.18 Å². The molecule has 3 rings (SSSR count). The fourth-order valence-corrected chi connectivity index (χ4v) is 2.91. The highest BCUT2D eigenvalue weighted by Gasteiger charge is 2.32. The number of halogens is 1. The Morgan fingerprint density at radius 3 is 2.79 bits per heavy atom. The van der Waals surface area contributed by atoms with Crippen LogP contribution in [0.2, 0.25) is 0 Å². The maximum absolute atomic E-state index is 12.8. The lowest BCUT2D eigenvalue weighted by atomic mass is 10.1. The minimum Gasteiger partial charge on any atom is -0.322 e. The minimum absolute atomic E-state index is 0.0850. The molecule has 0 spiro atoms. The first-order valence-corrected chi connectivity index (χ1v) is 6.78. The number of hydrogen-bond acceptors (Lipinski definition) is 2. The molecule has 2 aliphatic heterocycles. The van der Waals surface area contributed by atoms with E-state index in [0.717, 1.165) is 26.2 Å². The Bertz CT molecular complexity index is 462. The number of fused-ring (bicyclic) bond motifs is 1. The van der Waals surface area contributed by atoms with Gasteiger partial charge in [-0.3, -0.25) is 4.90 Å². The van der Waals surface area contributed by atoms with E-state index in [9.17, 15) is 9.18 Å². The molecule has 102 valence electrons. The van der Waals surface area contributed by atoms with Gasteiger partial charge in [-0.05, 0) is 43.7 Å². The normalized spacial score (nSPS) is 23.2. The molecule has 1 N–H and O–H groups in total. The summed E-state index contributed by atoms with van der Waals surface area (Å²) in [4.78, 5) is 16.5. The molecule has 2 fully saturated rings. The van der Waals surface area contributed by atoms with Gasteiger partial charge in [0.15, 0.2) is 0 Å². The van der Waals surface area contributed by atoms with Crippen molar-refractivity contribution in [3.05, 3.63) is 30.1 Å². The van der Waals surface area contributed by atoms with Crippen LogP contribution in [0.25, 0.3) is 0 Å². The molecule has 0 bridgehead atoms. The number of nitrogens with zero attached hydrogens (tertiary/aromatic N) is 2. The highest BCUT2D eigenvalue weighted by molar-refractivity contribution is 5.89. The van der Waals surface area contributed by atoms with Gasteiger partial charge in [-0.15, -0.1) is 0 Å². The average molecular weight is 263 g/mol. The Balaban J connectivity index is 1.59. The molecule has 0 aliphatic carbocycles. The molecule has 4 nitrogen and oxygen atoms in total. The smallest absolute Gasteiger partial charge is 0.321 e. The Kier molecular flexibility index (Phi) is 3.38. The number of benzene rings is 1. The van der Waals surface area contributed by atoms with E-state index in [1.807, 2.05) is 4.90 Å². The molecule has 0 saturated carbocycles. The van der Waals surface area contributed by atoms with Crippen LogP contribution in [-0.4, -0.2) is 48.1 Å². The highest BCUT2D eigenvalue weighted by atomic mass is 19.1. The zero-order valence-corrected chi connectivity index (χ0v) is 10.8. The second-order valence-corrected chi connectivity index (χ2v) is 5.22.